The van der Waals surface area contributed by atoms with Crippen LogP contribution in [0, 0.1) is 10.1 Å². The highest BCUT2D eigenvalue weighted by molar-refractivity contribution is 5.92. The molecule has 0 aliphatic rings. The number of amides is 1. The zero-order valence-electron chi connectivity index (χ0n) is 12.0. The largest absolute Gasteiger partial charge is 0.325 e. The van der Waals surface area contributed by atoms with Crippen LogP contribution in [0.1, 0.15) is 26.7 Å². The van der Waals surface area contributed by atoms with E-state index in [4.69, 9.17) is 0 Å². The number of unbranched alkanes of at least 4 members (excludes halogenated alkanes) is 1. The minimum absolute atomic E-state index is 0.0149. The molecule has 0 aromatic heterocycles. The van der Waals surface area contributed by atoms with Crippen LogP contribution in [0.2, 0.25) is 0 Å². The zero-order chi connectivity index (χ0) is 15.0. The molecule has 6 nitrogen and oxygen atoms in total. The summed E-state index contributed by atoms with van der Waals surface area (Å²) in [4.78, 5) is 24.0. The monoisotopic (exact) mass is 279 g/mol. The molecule has 0 saturated carbocycles. The average Bonchev–Trinajstić information content (AvgIpc) is 2.43. The van der Waals surface area contributed by atoms with Crippen molar-refractivity contribution in [2.24, 2.45) is 0 Å². The van der Waals surface area contributed by atoms with Crippen molar-refractivity contribution in [2.45, 2.75) is 26.7 Å². The maximum absolute atomic E-state index is 11.9. The number of hydrogen-bond acceptors (Lipinski definition) is 4. The number of non-ortho nitro benzene ring substituents is 1. The number of carbonyl (C=O) groups excluding carboxylic acids is 1. The molecule has 0 radical (unpaired) electrons. The third-order valence-electron chi connectivity index (χ3n) is 3.00. The van der Waals surface area contributed by atoms with Gasteiger partial charge in [-0.2, -0.15) is 0 Å². The second-order valence-corrected chi connectivity index (χ2v) is 4.57. The van der Waals surface area contributed by atoms with E-state index in [-0.39, 0.29) is 11.6 Å². The number of carbonyl (C=O) groups is 1. The lowest BCUT2D eigenvalue weighted by atomic mass is 10.2. The lowest BCUT2D eigenvalue weighted by molar-refractivity contribution is -0.384. The smallest absolute Gasteiger partial charge is 0.269 e. The van der Waals surface area contributed by atoms with E-state index >= 15 is 0 Å². The maximum Gasteiger partial charge on any atom is 0.269 e. The quantitative estimate of drug-likeness (QED) is 0.586. The van der Waals surface area contributed by atoms with Crippen LogP contribution in [0.5, 0.6) is 0 Å². The van der Waals surface area contributed by atoms with E-state index in [9.17, 15) is 14.9 Å². The van der Waals surface area contributed by atoms with Gasteiger partial charge in [0.25, 0.3) is 5.69 Å². The number of nitro benzene ring substituents is 1. The number of nitrogens with zero attached hydrogens (tertiary/aromatic N) is 2. The number of rotatable bonds is 8. The third kappa shape index (κ3) is 5.36. The molecule has 0 heterocycles. The van der Waals surface area contributed by atoms with Crippen molar-refractivity contribution in [2.75, 3.05) is 25.0 Å². The van der Waals surface area contributed by atoms with E-state index in [0.717, 1.165) is 25.9 Å². The predicted molar refractivity (Wildman–Crippen MR) is 78.7 cm³/mol. The average molecular weight is 279 g/mol. The van der Waals surface area contributed by atoms with Gasteiger partial charge in [-0.3, -0.25) is 19.8 Å². The minimum atomic E-state index is -0.463. The summed E-state index contributed by atoms with van der Waals surface area (Å²) >= 11 is 0. The Kier molecular flexibility index (Phi) is 6.66. The molecule has 1 N–H and O–H groups in total. The first-order valence-corrected chi connectivity index (χ1v) is 6.83. The van der Waals surface area contributed by atoms with Gasteiger partial charge in [0.15, 0.2) is 0 Å². The van der Waals surface area contributed by atoms with Gasteiger partial charge in [0.05, 0.1) is 11.5 Å². The van der Waals surface area contributed by atoms with Gasteiger partial charge in [0.2, 0.25) is 5.91 Å². The second-order valence-electron chi connectivity index (χ2n) is 4.57. The highest BCUT2D eigenvalue weighted by Crippen LogP contribution is 2.15. The number of hydrogen-bond donors (Lipinski definition) is 1. The van der Waals surface area contributed by atoms with Gasteiger partial charge >= 0.3 is 0 Å². The molecule has 1 aromatic rings. The topological polar surface area (TPSA) is 75.5 Å². The van der Waals surface area contributed by atoms with Crippen LogP contribution in [0.3, 0.4) is 0 Å². The normalized spacial score (nSPS) is 10.6. The Hall–Kier alpha value is -1.95. The molecule has 0 saturated heterocycles. The van der Waals surface area contributed by atoms with Crippen molar-refractivity contribution in [1.29, 1.82) is 0 Å². The highest BCUT2D eigenvalue weighted by atomic mass is 16.6. The van der Waals surface area contributed by atoms with E-state index in [1.54, 1.807) is 12.1 Å². The van der Waals surface area contributed by atoms with Gasteiger partial charge in [-0.15, -0.1) is 0 Å². The molecular formula is C14H21N3O3. The predicted octanol–water partition coefficient (Wildman–Crippen LogP) is 2.66. The molecule has 0 unspecified atom stereocenters. The number of likely N-dealkylation sites (N-methyl/N-ethyl adjacent to an activating group) is 1. The van der Waals surface area contributed by atoms with E-state index in [2.05, 4.69) is 17.1 Å². The first kappa shape index (κ1) is 16.1. The summed E-state index contributed by atoms with van der Waals surface area (Å²) in [6, 6.07) is 5.84. The molecule has 0 aliphatic carbocycles. The van der Waals surface area contributed by atoms with Gasteiger partial charge in [0, 0.05) is 17.8 Å². The Labute approximate surface area is 118 Å². The van der Waals surface area contributed by atoms with Crippen LogP contribution >= 0.6 is 0 Å². The fourth-order valence-corrected chi connectivity index (χ4v) is 1.80. The summed E-state index contributed by atoms with van der Waals surface area (Å²) in [5.74, 6) is -0.100. The Balaban J connectivity index is 2.50. The van der Waals surface area contributed by atoms with E-state index in [1.165, 1.54) is 12.1 Å². The zero-order valence-corrected chi connectivity index (χ0v) is 12.0. The molecule has 0 fully saturated rings. The Morgan fingerprint density at radius 1 is 1.30 bits per heavy atom. The number of nitro groups is 1. The molecule has 6 heteroatoms. The highest BCUT2D eigenvalue weighted by Gasteiger charge is 2.10. The first-order chi connectivity index (χ1) is 9.56. The minimum Gasteiger partial charge on any atom is -0.325 e. The Bertz CT molecular complexity index is 445. The van der Waals surface area contributed by atoms with Crippen LogP contribution in [0.15, 0.2) is 24.3 Å². The fourth-order valence-electron chi connectivity index (χ4n) is 1.80. The number of nitrogens with one attached hydrogen (secondary N) is 1. The fraction of sp³-hybridized carbons (Fsp3) is 0.500. The van der Waals surface area contributed by atoms with E-state index in [0.29, 0.717) is 12.2 Å². The van der Waals surface area contributed by atoms with Crippen LogP contribution < -0.4 is 5.32 Å². The molecule has 110 valence electrons. The van der Waals surface area contributed by atoms with Crippen molar-refractivity contribution in [3.8, 4) is 0 Å². The number of benzene rings is 1. The van der Waals surface area contributed by atoms with E-state index < -0.39 is 4.92 Å². The maximum atomic E-state index is 11.9. The van der Waals surface area contributed by atoms with Crippen molar-refractivity contribution < 1.29 is 9.72 Å². The van der Waals surface area contributed by atoms with Crippen molar-refractivity contribution in [3.05, 3.63) is 34.4 Å². The summed E-state index contributed by atoms with van der Waals surface area (Å²) in [7, 11) is 0. The summed E-state index contributed by atoms with van der Waals surface area (Å²) in [6.07, 6.45) is 2.17. The lowest BCUT2D eigenvalue weighted by Gasteiger charge is -2.19. The summed E-state index contributed by atoms with van der Waals surface area (Å²) in [5, 5.41) is 13.3. The van der Waals surface area contributed by atoms with Gasteiger partial charge < -0.3 is 5.32 Å². The van der Waals surface area contributed by atoms with E-state index in [1.807, 2.05) is 6.92 Å². The first-order valence-electron chi connectivity index (χ1n) is 6.83. The summed E-state index contributed by atoms with van der Waals surface area (Å²) in [5.41, 5.74) is 0.591. The van der Waals surface area contributed by atoms with Gasteiger partial charge in [-0.25, -0.2) is 0 Å². The van der Waals surface area contributed by atoms with Crippen LogP contribution in [0.4, 0.5) is 11.4 Å². The molecule has 0 atom stereocenters. The second kappa shape index (κ2) is 8.27. The van der Waals surface area contributed by atoms with Gasteiger partial charge in [0.1, 0.15) is 0 Å². The summed E-state index contributed by atoms with van der Waals surface area (Å²) < 4.78 is 0. The molecule has 0 bridgehead atoms. The van der Waals surface area contributed by atoms with Crippen LogP contribution in [-0.2, 0) is 4.79 Å². The van der Waals surface area contributed by atoms with Crippen molar-refractivity contribution >= 4 is 17.3 Å². The Morgan fingerprint density at radius 3 is 2.45 bits per heavy atom. The Morgan fingerprint density at radius 2 is 1.95 bits per heavy atom. The number of anilines is 1. The molecule has 0 aliphatic heterocycles. The van der Waals surface area contributed by atoms with Crippen LogP contribution in [-0.4, -0.2) is 35.4 Å². The van der Waals surface area contributed by atoms with Crippen molar-refractivity contribution in [1.82, 2.24) is 4.90 Å². The molecule has 1 amide bonds. The molecule has 1 rings (SSSR count). The lowest BCUT2D eigenvalue weighted by Crippen LogP contribution is -2.33. The van der Waals surface area contributed by atoms with Crippen LogP contribution in [0.25, 0.3) is 0 Å². The van der Waals surface area contributed by atoms with Gasteiger partial charge in [-0.05, 0) is 31.6 Å². The molecular weight excluding hydrogens is 258 g/mol. The summed E-state index contributed by atoms with van der Waals surface area (Å²) in [6.45, 7) is 6.21. The molecule has 20 heavy (non-hydrogen) atoms. The molecule has 0 spiro atoms. The molecule has 1 aromatic carbocycles. The van der Waals surface area contributed by atoms with Gasteiger partial charge in [-0.1, -0.05) is 20.3 Å². The van der Waals surface area contributed by atoms with Crippen molar-refractivity contribution in [3.63, 3.8) is 0 Å². The third-order valence-corrected chi connectivity index (χ3v) is 3.00. The SMILES string of the molecule is CCCCN(CC)CC(=O)Nc1ccc([N+](=O)[O-])cc1. The standard InChI is InChI=1S/C14H21N3O3/c1-3-5-10-16(4-2)11-14(18)15-12-6-8-13(9-7-12)17(19)20/h6-9H,3-5,10-11H2,1-2H3,(H,15,18).